The van der Waals surface area contributed by atoms with E-state index >= 15 is 0 Å². The molecule has 0 fully saturated rings. The number of nitrogens with one attached hydrogen (secondary N) is 1. The summed E-state index contributed by atoms with van der Waals surface area (Å²) in [4.78, 5) is 12.1. The van der Waals surface area contributed by atoms with Crippen LogP contribution in [0.5, 0.6) is 0 Å². The summed E-state index contributed by atoms with van der Waals surface area (Å²) in [6.07, 6.45) is 7.18. The van der Waals surface area contributed by atoms with E-state index in [1.54, 1.807) is 6.26 Å². The van der Waals surface area contributed by atoms with Gasteiger partial charge in [-0.05, 0) is 43.7 Å². The van der Waals surface area contributed by atoms with E-state index in [2.05, 4.69) is 19.2 Å². The van der Waals surface area contributed by atoms with E-state index in [1.807, 2.05) is 6.07 Å². The third-order valence-corrected chi connectivity index (χ3v) is 4.24. The molecule has 1 aliphatic rings. The molecular formula is C16H26N2O2. The first-order valence-corrected chi connectivity index (χ1v) is 7.57. The highest BCUT2D eigenvalue weighted by Gasteiger charge is 2.25. The molecule has 0 radical (unpaired) electrons. The van der Waals surface area contributed by atoms with Crippen molar-refractivity contribution in [3.05, 3.63) is 23.7 Å². The molecule has 20 heavy (non-hydrogen) atoms. The molecule has 4 nitrogen and oxygen atoms in total. The average molecular weight is 278 g/mol. The minimum absolute atomic E-state index is 0.127. The second kappa shape index (κ2) is 6.44. The van der Waals surface area contributed by atoms with Crippen LogP contribution < -0.4 is 11.1 Å². The lowest BCUT2D eigenvalue weighted by Gasteiger charge is -2.25. The molecule has 4 heteroatoms. The number of aryl methyl sites for hydroxylation is 1. The first-order chi connectivity index (χ1) is 9.52. The van der Waals surface area contributed by atoms with Gasteiger partial charge in [-0.2, -0.15) is 0 Å². The molecule has 0 saturated carbocycles. The topological polar surface area (TPSA) is 68.3 Å². The van der Waals surface area contributed by atoms with E-state index in [1.165, 1.54) is 0 Å². The maximum atomic E-state index is 12.1. The van der Waals surface area contributed by atoms with Crippen molar-refractivity contribution in [3.63, 3.8) is 0 Å². The van der Waals surface area contributed by atoms with Crippen LogP contribution in [0, 0.1) is 5.41 Å². The summed E-state index contributed by atoms with van der Waals surface area (Å²) in [6, 6.07) is 2.11. The van der Waals surface area contributed by atoms with Crippen molar-refractivity contribution < 1.29 is 9.21 Å². The Bertz CT molecular complexity index is 451. The van der Waals surface area contributed by atoms with Crippen molar-refractivity contribution in [2.24, 2.45) is 11.1 Å². The highest BCUT2D eigenvalue weighted by molar-refractivity contribution is 5.76. The lowest BCUT2D eigenvalue weighted by atomic mass is 9.84. The number of furan rings is 1. The Morgan fingerprint density at radius 3 is 3.05 bits per heavy atom. The van der Waals surface area contributed by atoms with Gasteiger partial charge in [0.1, 0.15) is 5.76 Å². The fraction of sp³-hybridized carbons (Fsp3) is 0.688. The van der Waals surface area contributed by atoms with Gasteiger partial charge in [0.05, 0.1) is 12.3 Å². The summed E-state index contributed by atoms with van der Waals surface area (Å²) in [5.41, 5.74) is 6.90. The molecule has 1 aliphatic carbocycles. The van der Waals surface area contributed by atoms with Gasteiger partial charge in [0, 0.05) is 18.4 Å². The predicted octanol–water partition coefficient (Wildman–Crippen LogP) is 2.93. The van der Waals surface area contributed by atoms with Gasteiger partial charge >= 0.3 is 0 Å². The molecule has 1 unspecified atom stereocenters. The standard InChI is InChI=1S/C16H26N2O2/c1-16(2,9-10-17)8-6-15(19)18-13-4-3-5-14-12(13)7-11-20-14/h7,11,13H,3-6,8-10,17H2,1-2H3,(H,18,19). The molecule has 0 aliphatic heterocycles. The Morgan fingerprint density at radius 2 is 2.30 bits per heavy atom. The maximum Gasteiger partial charge on any atom is 0.220 e. The first-order valence-electron chi connectivity index (χ1n) is 7.57. The summed E-state index contributed by atoms with van der Waals surface area (Å²) in [6.45, 7) is 5.01. The number of hydrogen-bond acceptors (Lipinski definition) is 3. The van der Waals surface area contributed by atoms with Crippen LogP contribution in [0.1, 0.15) is 63.3 Å². The fourth-order valence-corrected chi connectivity index (χ4v) is 2.87. The normalized spacial score (nSPS) is 18.6. The van der Waals surface area contributed by atoms with E-state index in [-0.39, 0.29) is 17.4 Å². The number of carbonyl (C=O) groups is 1. The molecular weight excluding hydrogens is 252 g/mol. The van der Waals surface area contributed by atoms with Crippen molar-refractivity contribution in [1.82, 2.24) is 5.32 Å². The monoisotopic (exact) mass is 278 g/mol. The Kier molecular flexibility index (Phi) is 4.86. The van der Waals surface area contributed by atoms with E-state index < -0.39 is 0 Å². The zero-order valence-corrected chi connectivity index (χ0v) is 12.6. The third kappa shape index (κ3) is 3.85. The SMILES string of the molecule is CC(C)(CCN)CCC(=O)NC1CCCc2occc21. The number of amides is 1. The van der Waals surface area contributed by atoms with Crippen molar-refractivity contribution in [2.45, 2.75) is 58.4 Å². The van der Waals surface area contributed by atoms with Gasteiger partial charge in [-0.15, -0.1) is 0 Å². The van der Waals surface area contributed by atoms with Gasteiger partial charge in [0.25, 0.3) is 0 Å². The van der Waals surface area contributed by atoms with Crippen LogP contribution in [0.3, 0.4) is 0 Å². The Labute approximate surface area is 121 Å². The van der Waals surface area contributed by atoms with Crippen molar-refractivity contribution >= 4 is 5.91 Å². The summed E-state index contributed by atoms with van der Waals surface area (Å²) in [7, 11) is 0. The van der Waals surface area contributed by atoms with Crippen molar-refractivity contribution in [1.29, 1.82) is 0 Å². The van der Waals surface area contributed by atoms with Gasteiger partial charge in [-0.3, -0.25) is 4.79 Å². The summed E-state index contributed by atoms with van der Waals surface area (Å²) >= 11 is 0. The van der Waals surface area contributed by atoms with E-state index in [9.17, 15) is 4.79 Å². The quantitative estimate of drug-likeness (QED) is 0.840. The van der Waals surface area contributed by atoms with Crippen LogP contribution >= 0.6 is 0 Å². The lowest BCUT2D eigenvalue weighted by molar-refractivity contribution is -0.122. The van der Waals surface area contributed by atoms with Crippen molar-refractivity contribution in [3.8, 4) is 0 Å². The highest BCUT2D eigenvalue weighted by Crippen LogP contribution is 2.31. The average Bonchev–Trinajstić information content (AvgIpc) is 2.86. The molecule has 1 aromatic rings. The van der Waals surface area contributed by atoms with Crippen LogP contribution in [-0.2, 0) is 11.2 Å². The Morgan fingerprint density at radius 1 is 1.50 bits per heavy atom. The second-order valence-electron chi connectivity index (χ2n) is 6.51. The van der Waals surface area contributed by atoms with E-state index in [0.717, 1.165) is 43.4 Å². The molecule has 2 rings (SSSR count). The highest BCUT2D eigenvalue weighted by atomic mass is 16.3. The fourth-order valence-electron chi connectivity index (χ4n) is 2.87. The number of carbonyl (C=O) groups excluding carboxylic acids is 1. The summed E-state index contributed by atoms with van der Waals surface area (Å²) in [5, 5.41) is 3.15. The van der Waals surface area contributed by atoms with Crippen molar-refractivity contribution in [2.75, 3.05) is 6.54 Å². The Hall–Kier alpha value is -1.29. The number of fused-ring (bicyclic) bond motifs is 1. The van der Waals surface area contributed by atoms with Crippen LogP contribution in [0.25, 0.3) is 0 Å². The van der Waals surface area contributed by atoms with Crippen LogP contribution in [-0.4, -0.2) is 12.5 Å². The molecule has 3 N–H and O–H groups in total. The summed E-state index contributed by atoms with van der Waals surface area (Å²) < 4.78 is 5.45. The van der Waals surface area contributed by atoms with Crippen LogP contribution in [0.2, 0.25) is 0 Å². The maximum absolute atomic E-state index is 12.1. The molecule has 0 bridgehead atoms. The smallest absolute Gasteiger partial charge is 0.220 e. The molecule has 112 valence electrons. The predicted molar refractivity (Wildman–Crippen MR) is 79.2 cm³/mol. The number of hydrogen-bond donors (Lipinski definition) is 2. The zero-order valence-electron chi connectivity index (χ0n) is 12.6. The summed E-state index contributed by atoms with van der Waals surface area (Å²) in [5.74, 6) is 1.17. The number of rotatable bonds is 6. The van der Waals surface area contributed by atoms with Gasteiger partial charge in [0.2, 0.25) is 5.91 Å². The second-order valence-corrected chi connectivity index (χ2v) is 6.51. The zero-order chi connectivity index (χ0) is 14.6. The van der Waals surface area contributed by atoms with Gasteiger partial charge < -0.3 is 15.5 Å². The lowest BCUT2D eigenvalue weighted by Crippen LogP contribution is -2.31. The molecule has 0 aromatic carbocycles. The molecule has 1 heterocycles. The van der Waals surface area contributed by atoms with E-state index in [4.69, 9.17) is 10.2 Å². The molecule has 1 amide bonds. The third-order valence-electron chi connectivity index (χ3n) is 4.24. The molecule has 0 spiro atoms. The largest absolute Gasteiger partial charge is 0.469 e. The van der Waals surface area contributed by atoms with Crippen LogP contribution in [0.4, 0.5) is 0 Å². The van der Waals surface area contributed by atoms with Crippen LogP contribution in [0.15, 0.2) is 16.7 Å². The van der Waals surface area contributed by atoms with Gasteiger partial charge in [-0.1, -0.05) is 13.8 Å². The number of nitrogens with two attached hydrogens (primary N) is 1. The first kappa shape index (κ1) is 15.1. The molecule has 1 atom stereocenters. The Balaban J connectivity index is 1.84. The van der Waals surface area contributed by atoms with Gasteiger partial charge in [0.15, 0.2) is 0 Å². The van der Waals surface area contributed by atoms with E-state index in [0.29, 0.717) is 13.0 Å². The minimum Gasteiger partial charge on any atom is -0.469 e. The molecule has 0 saturated heterocycles. The van der Waals surface area contributed by atoms with Gasteiger partial charge in [-0.25, -0.2) is 0 Å². The minimum atomic E-state index is 0.127. The molecule has 1 aromatic heterocycles.